The van der Waals surface area contributed by atoms with E-state index in [1.807, 2.05) is 53.5 Å². The lowest BCUT2D eigenvalue weighted by atomic mass is 10.3. The second kappa shape index (κ2) is 4.79. The van der Waals surface area contributed by atoms with Gasteiger partial charge in [-0.15, -0.1) is 0 Å². The smallest absolute Gasteiger partial charge is 0.111 e. The van der Waals surface area contributed by atoms with Crippen molar-refractivity contribution in [1.82, 2.24) is 19.7 Å². The molecule has 88 valence electrons. The molecule has 0 amide bonds. The molecule has 0 saturated heterocycles. The number of hydrogen-bond acceptors (Lipinski definition) is 3. The Hall–Kier alpha value is -2.49. The molecule has 0 aliphatic carbocycles. The molecule has 3 heterocycles. The molecule has 0 spiro atoms. The molecule has 0 unspecified atom stereocenters. The van der Waals surface area contributed by atoms with Crippen LogP contribution in [0.2, 0.25) is 0 Å². The second-order valence-electron chi connectivity index (χ2n) is 3.97. The lowest BCUT2D eigenvalue weighted by molar-refractivity contribution is 0.687. The number of pyridine rings is 2. The highest BCUT2D eigenvalue weighted by Crippen LogP contribution is 2.13. The Morgan fingerprint density at radius 3 is 2.72 bits per heavy atom. The zero-order valence-corrected chi connectivity index (χ0v) is 9.77. The minimum absolute atomic E-state index is 0.723. The molecule has 0 fully saturated rings. The summed E-state index contributed by atoms with van der Waals surface area (Å²) in [5.41, 5.74) is 2.91. The summed E-state index contributed by atoms with van der Waals surface area (Å²) in [7, 11) is 0. The van der Waals surface area contributed by atoms with E-state index in [9.17, 15) is 0 Å². The summed E-state index contributed by atoms with van der Waals surface area (Å²) in [5.74, 6) is 0. The Kier molecular flexibility index (Phi) is 2.84. The Balaban J connectivity index is 1.82. The second-order valence-corrected chi connectivity index (χ2v) is 3.97. The van der Waals surface area contributed by atoms with Crippen molar-refractivity contribution >= 4 is 0 Å². The van der Waals surface area contributed by atoms with Crippen LogP contribution in [0.3, 0.4) is 0 Å². The van der Waals surface area contributed by atoms with Gasteiger partial charge in [0.15, 0.2) is 0 Å². The molecule has 4 nitrogen and oxygen atoms in total. The van der Waals surface area contributed by atoms with E-state index in [0.29, 0.717) is 0 Å². The first kappa shape index (κ1) is 10.7. The minimum Gasteiger partial charge on any atom is -0.268 e. The highest BCUT2D eigenvalue weighted by molar-refractivity contribution is 5.52. The molecule has 0 aromatic carbocycles. The summed E-state index contributed by atoms with van der Waals surface area (Å²) in [5, 5.41) is 4.50. The van der Waals surface area contributed by atoms with Gasteiger partial charge in [0.05, 0.1) is 12.2 Å². The zero-order chi connectivity index (χ0) is 12.2. The molecule has 0 bridgehead atoms. The first-order valence-corrected chi connectivity index (χ1v) is 5.75. The molecule has 0 saturated carbocycles. The summed E-state index contributed by atoms with van der Waals surface area (Å²) in [4.78, 5) is 8.37. The van der Waals surface area contributed by atoms with Crippen molar-refractivity contribution in [2.75, 3.05) is 0 Å². The molecule has 3 rings (SSSR count). The number of nitrogens with zero attached hydrogens (tertiary/aromatic N) is 4. The van der Waals surface area contributed by atoms with E-state index < -0.39 is 0 Å². The van der Waals surface area contributed by atoms with Gasteiger partial charge in [0.1, 0.15) is 5.69 Å². The van der Waals surface area contributed by atoms with Crippen molar-refractivity contribution in [3.63, 3.8) is 0 Å². The van der Waals surface area contributed by atoms with Crippen LogP contribution >= 0.6 is 0 Å². The fourth-order valence-electron chi connectivity index (χ4n) is 1.78. The highest BCUT2D eigenvalue weighted by Gasteiger charge is 2.03. The molecule has 0 N–H and O–H groups in total. The van der Waals surface area contributed by atoms with E-state index in [1.54, 1.807) is 12.4 Å². The maximum absolute atomic E-state index is 4.50. The number of hydrogen-bond donors (Lipinski definition) is 0. The topological polar surface area (TPSA) is 43.6 Å². The molecule has 4 heteroatoms. The normalized spacial score (nSPS) is 10.4. The Bertz CT molecular complexity index is 617. The van der Waals surface area contributed by atoms with E-state index in [-0.39, 0.29) is 0 Å². The first-order valence-electron chi connectivity index (χ1n) is 5.75. The van der Waals surface area contributed by atoms with Gasteiger partial charge in [-0.3, -0.25) is 14.6 Å². The quantitative estimate of drug-likeness (QED) is 0.701. The van der Waals surface area contributed by atoms with Crippen molar-refractivity contribution in [2.24, 2.45) is 0 Å². The summed E-state index contributed by atoms with van der Waals surface area (Å²) in [6, 6.07) is 11.8. The number of rotatable bonds is 3. The number of aromatic nitrogens is 4. The van der Waals surface area contributed by atoms with Crippen LogP contribution < -0.4 is 0 Å². The fraction of sp³-hybridized carbons (Fsp3) is 0.0714. The van der Waals surface area contributed by atoms with E-state index in [2.05, 4.69) is 15.1 Å². The van der Waals surface area contributed by atoms with Crippen LogP contribution in [-0.4, -0.2) is 19.7 Å². The van der Waals surface area contributed by atoms with E-state index in [4.69, 9.17) is 0 Å². The molecular weight excluding hydrogens is 224 g/mol. The van der Waals surface area contributed by atoms with Gasteiger partial charge in [-0.2, -0.15) is 5.10 Å². The predicted molar refractivity (Wildman–Crippen MR) is 68.8 cm³/mol. The van der Waals surface area contributed by atoms with Gasteiger partial charge in [0.2, 0.25) is 0 Å². The molecule has 0 atom stereocenters. The maximum Gasteiger partial charge on any atom is 0.111 e. The van der Waals surface area contributed by atoms with Gasteiger partial charge in [-0.05, 0) is 29.8 Å². The van der Waals surface area contributed by atoms with Crippen LogP contribution in [0.25, 0.3) is 11.4 Å². The average molecular weight is 236 g/mol. The summed E-state index contributed by atoms with van der Waals surface area (Å²) >= 11 is 0. The molecule has 3 aromatic rings. The van der Waals surface area contributed by atoms with Crippen molar-refractivity contribution in [2.45, 2.75) is 6.54 Å². The van der Waals surface area contributed by atoms with Gasteiger partial charge in [-0.25, -0.2) is 0 Å². The van der Waals surface area contributed by atoms with Crippen LogP contribution in [0.4, 0.5) is 0 Å². The molecular formula is C14H12N4. The van der Waals surface area contributed by atoms with Crippen molar-refractivity contribution in [3.05, 3.63) is 66.7 Å². The maximum atomic E-state index is 4.50. The first-order chi connectivity index (χ1) is 8.92. The Morgan fingerprint density at radius 1 is 0.944 bits per heavy atom. The van der Waals surface area contributed by atoms with Gasteiger partial charge < -0.3 is 0 Å². The Morgan fingerprint density at radius 2 is 1.94 bits per heavy atom. The van der Waals surface area contributed by atoms with Gasteiger partial charge >= 0.3 is 0 Å². The summed E-state index contributed by atoms with van der Waals surface area (Å²) in [6.45, 7) is 0.723. The SMILES string of the molecule is c1ccc(-c2ccn(Cc3cccnc3)n2)nc1. The van der Waals surface area contributed by atoms with E-state index in [1.165, 1.54) is 0 Å². The van der Waals surface area contributed by atoms with Crippen LogP contribution in [0, 0.1) is 0 Å². The Labute approximate surface area is 105 Å². The minimum atomic E-state index is 0.723. The van der Waals surface area contributed by atoms with Gasteiger partial charge in [-0.1, -0.05) is 12.1 Å². The monoisotopic (exact) mass is 236 g/mol. The van der Waals surface area contributed by atoms with Crippen molar-refractivity contribution in [1.29, 1.82) is 0 Å². The fourth-order valence-corrected chi connectivity index (χ4v) is 1.78. The van der Waals surface area contributed by atoms with Crippen molar-refractivity contribution in [3.8, 4) is 11.4 Å². The van der Waals surface area contributed by atoms with Crippen LogP contribution in [0.1, 0.15) is 5.56 Å². The van der Waals surface area contributed by atoms with Crippen LogP contribution in [0.15, 0.2) is 61.2 Å². The molecule has 0 radical (unpaired) electrons. The van der Waals surface area contributed by atoms with Crippen LogP contribution in [-0.2, 0) is 6.54 Å². The molecule has 0 aliphatic heterocycles. The molecule has 3 aromatic heterocycles. The van der Waals surface area contributed by atoms with Gasteiger partial charge in [0.25, 0.3) is 0 Å². The lowest BCUT2D eigenvalue weighted by Crippen LogP contribution is -2.00. The molecule has 0 aliphatic rings. The standard InChI is InChI=1S/C14H12N4/c1-2-8-16-13(5-1)14-6-9-18(17-14)11-12-4-3-7-15-10-12/h1-10H,11H2. The van der Waals surface area contributed by atoms with E-state index in [0.717, 1.165) is 23.5 Å². The average Bonchev–Trinajstić information content (AvgIpc) is 2.89. The molecule has 18 heavy (non-hydrogen) atoms. The van der Waals surface area contributed by atoms with Crippen molar-refractivity contribution < 1.29 is 0 Å². The van der Waals surface area contributed by atoms with Gasteiger partial charge in [0, 0.05) is 24.8 Å². The third kappa shape index (κ3) is 2.27. The summed E-state index contributed by atoms with van der Waals surface area (Å²) < 4.78 is 1.89. The van der Waals surface area contributed by atoms with E-state index >= 15 is 0 Å². The largest absolute Gasteiger partial charge is 0.268 e. The highest BCUT2D eigenvalue weighted by atomic mass is 15.3. The zero-order valence-electron chi connectivity index (χ0n) is 9.77. The van der Waals surface area contributed by atoms with Crippen LogP contribution in [0.5, 0.6) is 0 Å². The summed E-state index contributed by atoms with van der Waals surface area (Å²) in [6.07, 6.45) is 7.35. The lowest BCUT2D eigenvalue weighted by Gasteiger charge is -2.00. The third-order valence-corrected chi connectivity index (χ3v) is 2.64. The third-order valence-electron chi connectivity index (χ3n) is 2.64. The predicted octanol–water partition coefficient (Wildman–Crippen LogP) is 2.39.